The summed E-state index contributed by atoms with van der Waals surface area (Å²) in [5.74, 6) is -1.29. The lowest BCUT2D eigenvalue weighted by Crippen LogP contribution is -2.38. The average molecular weight is 356 g/mol. The van der Waals surface area contributed by atoms with E-state index in [1.54, 1.807) is 0 Å². The molecule has 0 unspecified atom stereocenters. The molecule has 0 aliphatic heterocycles. The van der Waals surface area contributed by atoms with Crippen molar-refractivity contribution in [1.29, 1.82) is 0 Å². The molecule has 134 valence electrons. The van der Waals surface area contributed by atoms with Crippen LogP contribution in [0.3, 0.4) is 0 Å². The van der Waals surface area contributed by atoms with Gasteiger partial charge >= 0.3 is 5.97 Å². The minimum atomic E-state index is -3.60. The molecule has 1 aromatic rings. The van der Waals surface area contributed by atoms with Gasteiger partial charge in [-0.05, 0) is 44.0 Å². The van der Waals surface area contributed by atoms with E-state index in [-0.39, 0.29) is 22.9 Å². The number of nitrogens with one attached hydrogen (secondary N) is 2. The normalized spacial score (nSPS) is 12.2. The Balaban J connectivity index is 2.77. The molecule has 0 radical (unpaired) electrons. The van der Waals surface area contributed by atoms with Crippen molar-refractivity contribution in [3.8, 4) is 0 Å². The molecule has 0 atom stereocenters. The fourth-order valence-corrected chi connectivity index (χ4v) is 2.84. The monoisotopic (exact) mass is 356 g/mol. The molecule has 0 heterocycles. The van der Waals surface area contributed by atoms with Crippen LogP contribution in [0.4, 0.5) is 0 Å². The van der Waals surface area contributed by atoms with Gasteiger partial charge in [0, 0.05) is 18.7 Å². The van der Waals surface area contributed by atoms with Crippen LogP contribution in [0, 0.1) is 11.3 Å². The van der Waals surface area contributed by atoms with Gasteiger partial charge in [0.15, 0.2) is 0 Å². The predicted octanol–water partition coefficient (Wildman–Crippen LogP) is 1.46. The molecular formula is C16H24N2O5S. The van der Waals surface area contributed by atoms with Gasteiger partial charge in [-0.1, -0.05) is 13.8 Å². The molecule has 1 rings (SSSR count). The second-order valence-electron chi connectivity index (χ2n) is 6.64. The summed E-state index contributed by atoms with van der Waals surface area (Å²) in [7, 11) is -3.60. The van der Waals surface area contributed by atoms with Crippen molar-refractivity contribution in [2.45, 2.75) is 32.6 Å². The minimum Gasteiger partial charge on any atom is -0.481 e. The molecule has 3 N–H and O–H groups in total. The van der Waals surface area contributed by atoms with E-state index in [9.17, 15) is 18.0 Å². The zero-order valence-corrected chi connectivity index (χ0v) is 15.1. The SMILES string of the molecule is CC(C)CNS(=O)(=O)c1ccc(C(=O)NCC(C)(C)C(=O)O)cc1. The first-order chi connectivity index (χ1) is 11.0. The number of rotatable bonds is 8. The second kappa shape index (κ2) is 7.76. The number of carboxylic acids is 1. The van der Waals surface area contributed by atoms with E-state index in [2.05, 4.69) is 10.0 Å². The van der Waals surface area contributed by atoms with Crippen LogP contribution in [0.2, 0.25) is 0 Å². The molecule has 0 bridgehead atoms. The Morgan fingerprint density at radius 2 is 1.71 bits per heavy atom. The van der Waals surface area contributed by atoms with Crippen molar-refractivity contribution in [1.82, 2.24) is 10.0 Å². The summed E-state index contributed by atoms with van der Waals surface area (Å²) in [6, 6.07) is 5.49. The highest BCUT2D eigenvalue weighted by Gasteiger charge is 2.27. The summed E-state index contributed by atoms with van der Waals surface area (Å²) in [5, 5.41) is 11.5. The first-order valence-electron chi connectivity index (χ1n) is 7.57. The number of carbonyl (C=O) groups is 2. The molecule has 0 aliphatic rings. The fraction of sp³-hybridized carbons (Fsp3) is 0.500. The van der Waals surface area contributed by atoms with Crippen molar-refractivity contribution >= 4 is 21.9 Å². The number of amides is 1. The zero-order chi connectivity index (χ0) is 18.5. The first kappa shape index (κ1) is 20.1. The Labute approximate surface area is 142 Å². The third-order valence-corrected chi connectivity index (χ3v) is 4.82. The molecule has 1 aromatic carbocycles. The van der Waals surface area contributed by atoms with Crippen LogP contribution >= 0.6 is 0 Å². The maximum atomic E-state index is 12.1. The number of aliphatic carboxylic acids is 1. The molecule has 0 saturated carbocycles. The van der Waals surface area contributed by atoms with Gasteiger partial charge in [0.25, 0.3) is 5.91 Å². The predicted molar refractivity (Wildman–Crippen MR) is 90.2 cm³/mol. The van der Waals surface area contributed by atoms with Gasteiger partial charge in [0.2, 0.25) is 10.0 Å². The molecule has 0 fully saturated rings. The van der Waals surface area contributed by atoms with Crippen molar-refractivity contribution in [2.75, 3.05) is 13.1 Å². The van der Waals surface area contributed by atoms with Gasteiger partial charge in [0.1, 0.15) is 0 Å². The number of carbonyl (C=O) groups excluding carboxylic acids is 1. The van der Waals surface area contributed by atoms with Gasteiger partial charge < -0.3 is 10.4 Å². The van der Waals surface area contributed by atoms with E-state index in [0.717, 1.165) is 0 Å². The molecule has 24 heavy (non-hydrogen) atoms. The van der Waals surface area contributed by atoms with Crippen LogP contribution in [0.25, 0.3) is 0 Å². The quantitative estimate of drug-likeness (QED) is 0.653. The third-order valence-electron chi connectivity index (χ3n) is 3.38. The molecule has 7 nitrogen and oxygen atoms in total. The van der Waals surface area contributed by atoms with Crippen molar-refractivity contribution in [3.05, 3.63) is 29.8 Å². The number of benzene rings is 1. The van der Waals surface area contributed by atoms with Gasteiger partial charge in [-0.25, -0.2) is 13.1 Å². The smallest absolute Gasteiger partial charge is 0.310 e. The van der Waals surface area contributed by atoms with Crippen LogP contribution < -0.4 is 10.0 Å². The van der Waals surface area contributed by atoms with Crippen LogP contribution in [0.15, 0.2) is 29.2 Å². The summed E-state index contributed by atoms with van der Waals surface area (Å²) in [6.45, 7) is 7.10. The first-order valence-corrected chi connectivity index (χ1v) is 9.05. The van der Waals surface area contributed by atoms with E-state index < -0.39 is 27.3 Å². The summed E-state index contributed by atoms with van der Waals surface area (Å²) in [6.07, 6.45) is 0. The number of hydrogen-bond donors (Lipinski definition) is 3. The Morgan fingerprint density at radius 3 is 2.17 bits per heavy atom. The second-order valence-corrected chi connectivity index (χ2v) is 8.41. The van der Waals surface area contributed by atoms with E-state index in [1.807, 2.05) is 13.8 Å². The molecule has 0 saturated heterocycles. The molecule has 0 spiro atoms. The van der Waals surface area contributed by atoms with E-state index in [0.29, 0.717) is 6.54 Å². The maximum absolute atomic E-state index is 12.1. The van der Waals surface area contributed by atoms with Crippen molar-refractivity contribution in [3.63, 3.8) is 0 Å². The molecule has 1 amide bonds. The highest BCUT2D eigenvalue weighted by molar-refractivity contribution is 7.89. The van der Waals surface area contributed by atoms with Crippen molar-refractivity contribution < 1.29 is 23.1 Å². The van der Waals surface area contributed by atoms with Crippen LogP contribution in [0.5, 0.6) is 0 Å². The van der Waals surface area contributed by atoms with Crippen LogP contribution in [0.1, 0.15) is 38.1 Å². The molecular weight excluding hydrogens is 332 g/mol. The zero-order valence-electron chi connectivity index (χ0n) is 14.3. The standard InChI is InChI=1S/C16H24N2O5S/c1-11(2)9-18-24(22,23)13-7-5-12(6-8-13)14(19)17-10-16(3,4)15(20)21/h5-8,11,18H,9-10H2,1-4H3,(H,17,19)(H,20,21). The van der Waals surface area contributed by atoms with Gasteiger partial charge in [0.05, 0.1) is 10.3 Å². The Morgan fingerprint density at radius 1 is 1.17 bits per heavy atom. The largest absolute Gasteiger partial charge is 0.481 e. The Kier molecular flexibility index (Phi) is 6.50. The highest BCUT2D eigenvalue weighted by atomic mass is 32.2. The topological polar surface area (TPSA) is 113 Å². The Bertz CT molecular complexity index is 694. The summed E-state index contributed by atoms with van der Waals surface area (Å²) in [4.78, 5) is 23.1. The molecule has 0 aromatic heterocycles. The number of carboxylic acid groups (broad SMARTS) is 1. The summed E-state index contributed by atoms with van der Waals surface area (Å²) < 4.78 is 26.6. The Hall–Kier alpha value is -1.93. The lowest BCUT2D eigenvalue weighted by Gasteiger charge is -2.19. The molecule has 8 heteroatoms. The van der Waals surface area contributed by atoms with Gasteiger partial charge in [-0.3, -0.25) is 9.59 Å². The highest BCUT2D eigenvalue weighted by Crippen LogP contribution is 2.14. The molecule has 0 aliphatic carbocycles. The van der Waals surface area contributed by atoms with Crippen molar-refractivity contribution in [2.24, 2.45) is 11.3 Å². The lowest BCUT2D eigenvalue weighted by atomic mass is 9.94. The number of hydrogen-bond acceptors (Lipinski definition) is 4. The van der Waals surface area contributed by atoms with E-state index in [1.165, 1.54) is 38.1 Å². The van der Waals surface area contributed by atoms with Gasteiger partial charge in [-0.15, -0.1) is 0 Å². The minimum absolute atomic E-state index is 0.0306. The summed E-state index contributed by atoms with van der Waals surface area (Å²) >= 11 is 0. The van der Waals surface area contributed by atoms with E-state index in [4.69, 9.17) is 5.11 Å². The summed E-state index contributed by atoms with van der Waals surface area (Å²) in [5.41, 5.74) is -0.821. The third kappa shape index (κ3) is 5.61. The average Bonchev–Trinajstić information content (AvgIpc) is 2.51. The maximum Gasteiger partial charge on any atom is 0.310 e. The lowest BCUT2D eigenvalue weighted by molar-refractivity contribution is -0.146. The van der Waals surface area contributed by atoms with Crippen LogP contribution in [-0.4, -0.2) is 38.5 Å². The van der Waals surface area contributed by atoms with E-state index >= 15 is 0 Å². The van der Waals surface area contributed by atoms with Crippen LogP contribution in [-0.2, 0) is 14.8 Å². The fourth-order valence-electron chi connectivity index (χ4n) is 1.62. The van der Waals surface area contributed by atoms with Gasteiger partial charge in [-0.2, -0.15) is 0 Å². The number of sulfonamides is 1.